The van der Waals surface area contributed by atoms with Gasteiger partial charge in [-0.1, -0.05) is 50.6 Å². The Bertz CT molecular complexity index is 949. The second kappa shape index (κ2) is 10.4. The van der Waals surface area contributed by atoms with Crippen LogP contribution < -0.4 is 5.32 Å². The molecule has 0 fully saturated rings. The molecule has 1 heterocycles. The molecule has 0 aliphatic carbocycles. The highest BCUT2D eigenvalue weighted by Gasteiger charge is 2.22. The highest BCUT2D eigenvalue weighted by molar-refractivity contribution is 5.75. The fourth-order valence-electron chi connectivity index (χ4n) is 3.62. The summed E-state index contributed by atoms with van der Waals surface area (Å²) in [6, 6.07) is 10.6. The number of carbonyl (C=O) groups is 1. The molecular formula is C26H35N3O2. The molecule has 0 saturated heterocycles. The third-order valence-corrected chi connectivity index (χ3v) is 4.91. The fraction of sp³-hybridized carbons (Fsp3) is 0.500. The van der Waals surface area contributed by atoms with Crippen molar-refractivity contribution < 1.29 is 9.53 Å². The number of nitrogens with zero attached hydrogens (tertiary/aromatic N) is 2. The Labute approximate surface area is 186 Å². The summed E-state index contributed by atoms with van der Waals surface area (Å²) in [6.07, 6.45) is 1.37. The van der Waals surface area contributed by atoms with Gasteiger partial charge in [-0.2, -0.15) is 5.26 Å². The molecule has 2 aromatic rings. The van der Waals surface area contributed by atoms with Crippen LogP contribution in [-0.2, 0) is 30.5 Å². The molecule has 1 aromatic heterocycles. The third kappa shape index (κ3) is 6.82. The molecule has 5 heteroatoms. The monoisotopic (exact) mass is 421 g/mol. The number of rotatable bonds is 7. The summed E-state index contributed by atoms with van der Waals surface area (Å²) in [5, 5.41) is 12.5. The van der Waals surface area contributed by atoms with E-state index in [2.05, 4.69) is 63.3 Å². The number of aryl methyl sites for hydroxylation is 2. The number of pyridine rings is 1. The average molecular weight is 422 g/mol. The summed E-state index contributed by atoms with van der Waals surface area (Å²) < 4.78 is 5.44. The smallest absolute Gasteiger partial charge is 0.407 e. The van der Waals surface area contributed by atoms with Gasteiger partial charge in [0.1, 0.15) is 5.60 Å². The molecular weight excluding hydrogens is 386 g/mol. The summed E-state index contributed by atoms with van der Waals surface area (Å²) in [6.45, 7) is 14.3. The molecule has 31 heavy (non-hydrogen) atoms. The first kappa shape index (κ1) is 24.4. The lowest BCUT2D eigenvalue weighted by molar-refractivity contribution is 0.0523. The van der Waals surface area contributed by atoms with Crippen molar-refractivity contribution in [3.63, 3.8) is 0 Å². The Balaban J connectivity index is 2.67. The van der Waals surface area contributed by atoms with Gasteiger partial charge in [0.05, 0.1) is 12.5 Å². The zero-order valence-corrected chi connectivity index (χ0v) is 19.9. The number of aromatic nitrogens is 1. The highest BCUT2D eigenvalue weighted by Crippen LogP contribution is 2.33. The summed E-state index contributed by atoms with van der Waals surface area (Å²) in [4.78, 5) is 17.3. The van der Waals surface area contributed by atoms with Crippen molar-refractivity contribution in [2.45, 2.75) is 79.9 Å². The fourth-order valence-corrected chi connectivity index (χ4v) is 3.62. The second-order valence-corrected chi connectivity index (χ2v) is 9.35. The van der Waals surface area contributed by atoms with Crippen LogP contribution in [0.25, 0.3) is 11.1 Å². The van der Waals surface area contributed by atoms with Crippen molar-refractivity contribution in [3.05, 3.63) is 52.3 Å². The number of carbonyl (C=O) groups excluding carboxylic acids is 1. The summed E-state index contributed by atoms with van der Waals surface area (Å²) >= 11 is 0. The number of hydrogen-bond donors (Lipinski definition) is 1. The van der Waals surface area contributed by atoms with E-state index < -0.39 is 11.7 Å². The Kier molecular flexibility index (Phi) is 8.21. The predicted octanol–water partition coefficient (Wildman–Crippen LogP) is 5.91. The van der Waals surface area contributed by atoms with Crippen molar-refractivity contribution in [1.82, 2.24) is 10.3 Å². The van der Waals surface area contributed by atoms with Gasteiger partial charge in [0, 0.05) is 23.5 Å². The average Bonchev–Trinajstić information content (AvgIpc) is 2.66. The molecule has 166 valence electrons. The number of nitriles is 1. The molecule has 0 unspecified atom stereocenters. The minimum absolute atomic E-state index is 0.279. The molecule has 0 atom stereocenters. The number of alkyl carbamates (subject to hydrolysis) is 1. The maximum Gasteiger partial charge on any atom is 0.407 e. The topological polar surface area (TPSA) is 75.0 Å². The van der Waals surface area contributed by atoms with Crippen LogP contribution in [0, 0.1) is 24.2 Å². The lowest BCUT2D eigenvalue weighted by Crippen LogP contribution is -2.32. The van der Waals surface area contributed by atoms with Gasteiger partial charge in [-0.15, -0.1) is 0 Å². The van der Waals surface area contributed by atoms with Crippen LogP contribution in [0.2, 0.25) is 0 Å². The van der Waals surface area contributed by atoms with Gasteiger partial charge in [0.15, 0.2) is 0 Å². The standard InChI is InChI=1S/C26H35N3O2/c1-8-22-20(13-14-27)24(19-11-9-18(4)10-12-19)21(23(29-22)15-17(2)3)16-28-25(30)31-26(5,6)7/h9-12,17H,8,13,15-16H2,1-7H3,(H,28,30). The van der Waals surface area contributed by atoms with Gasteiger partial charge in [0.25, 0.3) is 0 Å². The summed E-state index contributed by atoms with van der Waals surface area (Å²) in [7, 11) is 0. The lowest BCUT2D eigenvalue weighted by atomic mass is 9.88. The second-order valence-electron chi connectivity index (χ2n) is 9.35. The van der Waals surface area contributed by atoms with Crippen molar-refractivity contribution in [3.8, 4) is 17.2 Å². The van der Waals surface area contributed by atoms with Crippen LogP contribution >= 0.6 is 0 Å². The predicted molar refractivity (Wildman–Crippen MR) is 125 cm³/mol. The number of benzene rings is 1. The van der Waals surface area contributed by atoms with E-state index >= 15 is 0 Å². The van der Waals surface area contributed by atoms with Crippen molar-refractivity contribution in [2.75, 3.05) is 0 Å². The minimum atomic E-state index is -0.569. The molecule has 0 radical (unpaired) electrons. The molecule has 0 saturated carbocycles. The quantitative estimate of drug-likeness (QED) is 0.603. The summed E-state index contributed by atoms with van der Waals surface area (Å²) in [5.74, 6) is 0.408. The van der Waals surface area contributed by atoms with Gasteiger partial charge in [0.2, 0.25) is 0 Å². The van der Waals surface area contributed by atoms with Crippen LogP contribution in [0.5, 0.6) is 0 Å². The zero-order chi connectivity index (χ0) is 23.2. The minimum Gasteiger partial charge on any atom is -0.444 e. The van der Waals surface area contributed by atoms with Crippen LogP contribution in [0.4, 0.5) is 4.79 Å². The Morgan fingerprint density at radius 1 is 1.16 bits per heavy atom. The first-order chi connectivity index (χ1) is 14.6. The largest absolute Gasteiger partial charge is 0.444 e. The van der Waals surface area contributed by atoms with E-state index in [-0.39, 0.29) is 6.42 Å². The van der Waals surface area contributed by atoms with E-state index in [1.165, 1.54) is 5.56 Å². The first-order valence-electron chi connectivity index (χ1n) is 11.0. The molecule has 1 N–H and O–H groups in total. The van der Waals surface area contributed by atoms with Crippen LogP contribution in [0.15, 0.2) is 24.3 Å². The lowest BCUT2D eigenvalue weighted by Gasteiger charge is -2.23. The van der Waals surface area contributed by atoms with Gasteiger partial charge < -0.3 is 10.1 Å². The summed E-state index contributed by atoms with van der Waals surface area (Å²) in [5.41, 5.74) is 6.49. The van der Waals surface area contributed by atoms with Crippen LogP contribution in [0.1, 0.15) is 69.6 Å². The van der Waals surface area contributed by atoms with Crippen LogP contribution in [0.3, 0.4) is 0 Å². The normalized spacial score (nSPS) is 11.3. The molecule has 1 amide bonds. The van der Waals surface area contributed by atoms with E-state index in [0.717, 1.165) is 46.5 Å². The molecule has 5 nitrogen and oxygen atoms in total. The van der Waals surface area contributed by atoms with E-state index in [1.807, 2.05) is 20.8 Å². The molecule has 0 spiro atoms. The van der Waals surface area contributed by atoms with E-state index in [4.69, 9.17) is 9.72 Å². The number of hydrogen-bond acceptors (Lipinski definition) is 4. The van der Waals surface area contributed by atoms with Gasteiger partial charge in [-0.05, 0) is 63.1 Å². The van der Waals surface area contributed by atoms with E-state index in [0.29, 0.717) is 12.5 Å². The SMILES string of the molecule is CCc1nc(CC(C)C)c(CNC(=O)OC(C)(C)C)c(-c2ccc(C)cc2)c1CC#N. The Morgan fingerprint density at radius 2 is 1.81 bits per heavy atom. The Morgan fingerprint density at radius 3 is 2.32 bits per heavy atom. The molecule has 0 aliphatic rings. The van der Waals surface area contributed by atoms with Gasteiger partial charge in [-0.25, -0.2) is 4.79 Å². The maximum atomic E-state index is 12.4. The van der Waals surface area contributed by atoms with Crippen LogP contribution in [-0.4, -0.2) is 16.7 Å². The zero-order valence-electron chi connectivity index (χ0n) is 19.9. The molecule has 2 rings (SSSR count). The molecule has 0 aliphatic heterocycles. The van der Waals surface area contributed by atoms with Gasteiger partial charge in [-0.3, -0.25) is 4.98 Å². The number of ether oxygens (including phenoxy) is 1. The first-order valence-corrected chi connectivity index (χ1v) is 11.0. The van der Waals surface area contributed by atoms with E-state index in [1.54, 1.807) is 0 Å². The van der Waals surface area contributed by atoms with Crippen molar-refractivity contribution in [1.29, 1.82) is 5.26 Å². The van der Waals surface area contributed by atoms with Gasteiger partial charge >= 0.3 is 6.09 Å². The third-order valence-electron chi connectivity index (χ3n) is 4.91. The number of nitrogens with one attached hydrogen (secondary N) is 1. The van der Waals surface area contributed by atoms with E-state index in [9.17, 15) is 10.1 Å². The number of amides is 1. The van der Waals surface area contributed by atoms with Crippen molar-refractivity contribution in [2.24, 2.45) is 5.92 Å². The maximum absolute atomic E-state index is 12.4. The highest BCUT2D eigenvalue weighted by atomic mass is 16.6. The Hall–Kier alpha value is -2.87. The van der Waals surface area contributed by atoms with Crippen molar-refractivity contribution >= 4 is 6.09 Å². The molecule has 1 aromatic carbocycles. The molecule has 0 bridgehead atoms.